The topological polar surface area (TPSA) is 90.9 Å². The van der Waals surface area contributed by atoms with Gasteiger partial charge in [0.25, 0.3) is 5.69 Å². The number of non-ortho nitro benzene ring substituents is 1. The third-order valence-electron chi connectivity index (χ3n) is 4.31. The van der Waals surface area contributed by atoms with Crippen LogP contribution in [0.2, 0.25) is 0 Å². The van der Waals surface area contributed by atoms with Gasteiger partial charge in [-0.1, -0.05) is 11.3 Å². The van der Waals surface area contributed by atoms with Crippen LogP contribution in [0.15, 0.2) is 54.7 Å². The summed E-state index contributed by atoms with van der Waals surface area (Å²) in [4.78, 5) is 22.3. The van der Waals surface area contributed by atoms with Gasteiger partial charge in [0.2, 0.25) is 5.78 Å². The maximum atomic E-state index is 13.0. The van der Waals surface area contributed by atoms with E-state index in [9.17, 15) is 41.3 Å². The number of carbonyl (C=O) groups is 1. The molecule has 0 saturated heterocycles. The number of nitro benzene ring substituents is 1. The van der Waals surface area contributed by atoms with Crippen LogP contribution in [0.25, 0.3) is 6.08 Å². The van der Waals surface area contributed by atoms with E-state index >= 15 is 0 Å². The number of halogens is 6. The SMILES string of the molecule is O=C(/C=C/c1ccc([N+](=O)[O-])cc1)c1cn(Cc2cc(C(F)(F)F)cc(C(F)(F)F)c2)nn1. The summed E-state index contributed by atoms with van der Waals surface area (Å²) in [5.41, 5.74) is -3.11. The molecule has 0 aliphatic heterocycles. The molecule has 0 unspecified atom stereocenters. The van der Waals surface area contributed by atoms with Crippen molar-refractivity contribution in [1.82, 2.24) is 15.0 Å². The van der Waals surface area contributed by atoms with Crippen molar-refractivity contribution in [2.75, 3.05) is 0 Å². The zero-order valence-corrected chi connectivity index (χ0v) is 16.3. The minimum atomic E-state index is -4.98. The van der Waals surface area contributed by atoms with E-state index in [0.29, 0.717) is 17.7 Å². The van der Waals surface area contributed by atoms with Crippen LogP contribution in [0.1, 0.15) is 32.7 Å². The average molecular weight is 470 g/mol. The maximum Gasteiger partial charge on any atom is 0.416 e. The summed E-state index contributed by atoms with van der Waals surface area (Å²) in [6, 6.07) is 6.44. The number of benzene rings is 2. The number of hydrogen-bond donors (Lipinski definition) is 0. The minimum Gasteiger partial charge on any atom is -0.287 e. The number of aromatic nitrogens is 3. The highest BCUT2D eigenvalue weighted by atomic mass is 19.4. The minimum absolute atomic E-state index is 0.0167. The molecule has 0 saturated carbocycles. The molecule has 172 valence electrons. The Morgan fingerprint density at radius 1 is 1.00 bits per heavy atom. The van der Waals surface area contributed by atoms with Crippen molar-refractivity contribution in [3.8, 4) is 0 Å². The van der Waals surface area contributed by atoms with Gasteiger partial charge >= 0.3 is 12.4 Å². The zero-order valence-electron chi connectivity index (χ0n) is 16.3. The summed E-state index contributed by atoms with van der Waals surface area (Å²) in [5, 5.41) is 17.8. The van der Waals surface area contributed by atoms with E-state index in [0.717, 1.165) is 17.0 Å². The summed E-state index contributed by atoms with van der Waals surface area (Å²) < 4.78 is 78.8. The Balaban J connectivity index is 1.77. The van der Waals surface area contributed by atoms with Gasteiger partial charge in [0.1, 0.15) is 0 Å². The quantitative estimate of drug-likeness (QED) is 0.163. The second-order valence-corrected chi connectivity index (χ2v) is 6.76. The van der Waals surface area contributed by atoms with E-state index in [2.05, 4.69) is 10.3 Å². The molecule has 0 atom stereocenters. The Kier molecular flexibility index (Phi) is 6.33. The molecule has 0 N–H and O–H groups in total. The van der Waals surface area contributed by atoms with Crippen LogP contribution in [-0.4, -0.2) is 25.7 Å². The Morgan fingerprint density at radius 3 is 2.09 bits per heavy atom. The van der Waals surface area contributed by atoms with Crippen molar-refractivity contribution < 1.29 is 36.1 Å². The third kappa shape index (κ3) is 6.02. The van der Waals surface area contributed by atoms with E-state index < -0.39 is 40.7 Å². The molecule has 2 aromatic carbocycles. The zero-order chi connectivity index (χ0) is 24.4. The molecule has 1 aromatic heterocycles. The summed E-state index contributed by atoms with van der Waals surface area (Å²) in [6.45, 7) is -0.487. The number of nitro groups is 1. The molecule has 0 spiro atoms. The Bertz CT molecular complexity index is 1180. The van der Waals surface area contributed by atoms with Crippen LogP contribution in [0.5, 0.6) is 0 Å². The van der Waals surface area contributed by atoms with Gasteiger partial charge in [0, 0.05) is 12.1 Å². The molecule has 7 nitrogen and oxygen atoms in total. The van der Waals surface area contributed by atoms with E-state index in [4.69, 9.17) is 0 Å². The van der Waals surface area contributed by atoms with Crippen LogP contribution in [0, 0.1) is 10.1 Å². The second kappa shape index (κ2) is 8.84. The van der Waals surface area contributed by atoms with Gasteiger partial charge in [-0.2, -0.15) is 26.3 Å². The Hall–Kier alpha value is -4.03. The Morgan fingerprint density at radius 2 is 1.58 bits per heavy atom. The van der Waals surface area contributed by atoms with Crippen molar-refractivity contribution in [2.24, 2.45) is 0 Å². The fourth-order valence-electron chi connectivity index (χ4n) is 2.75. The van der Waals surface area contributed by atoms with Crippen molar-refractivity contribution in [1.29, 1.82) is 0 Å². The van der Waals surface area contributed by atoms with Gasteiger partial charge in [-0.15, -0.1) is 5.10 Å². The number of ketones is 1. The molecular weight excluding hydrogens is 458 g/mol. The molecule has 0 aliphatic rings. The Labute approximate surface area is 181 Å². The number of nitrogens with zero attached hydrogens (tertiary/aromatic N) is 4. The fraction of sp³-hybridized carbons (Fsp3) is 0.150. The normalized spacial score (nSPS) is 12.3. The highest BCUT2D eigenvalue weighted by molar-refractivity contribution is 6.05. The lowest BCUT2D eigenvalue weighted by atomic mass is 10.0. The summed E-state index contributed by atoms with van der Waals surface area (Å²) in [5.74, 6) is -0.639. The second-order valence-electron chi connectivity index (χ2n) is 6.76. The van der Waals surface area contributed by atoms with E-state index in [-0.39, 0.29) is 23.0 Å². The van der Waals surface area contributed by atoms with Gasteiger partial charge in [-0.05, 0) is 47.5 Å². The third-order valence-corrected chi connectivity index (χ3v) is 4.31. The summed E-state index contributed by atoms with van der Waals surface area (Å²) >= 11 is 0. The number of allylic oxidation sites excluding steroid dienone is 1. The van der Waals surface area contributed by atoms with Crippen molar-refractivity contribution in [3.05, 3.63) is 92.8 Å². The molecule has 3 aromatic rings. The van der Waals surface area contributed by atoms with Crippen LogP contribution < -0.4 is 0 Å². The van der Waals surface area contributed by atoms with Crippen LogP contribution in [0.4, 0.5) is 32.0 Å². The molecule has 13 heteroatoms. The van der Waals surface area contributed by atoms with E-state index in [1.165, 1.54) is 30.3 Å². The van der Waals surface area contributed by atoms with Gasteiger partial charge in [-0.25, -0.2) is 4.68 Å². The number of carbonyl (C=O) groups excluding carboxylic acids is 1. The first-order valence-electron chi connectivity index (χ1n) is 8.98. The molecule has 0 radical (unpaired) electrons. The highest BCUT2D eigenvalue weighted by Crippen LogP contribution is 2.36. The first-order valence-corrected chi connectivity index (χ1v) is 8.98. The van der Waals surface area contributed by atoms with Crippen LogP contribution in [0.3, 0.4) is 0 Å². The average Bonchev–Trinajstić information content (AvgIpc) is 3.19. The van der Waals surface area contributed by atoms with Gasteiger partial charge in [0.15, 0.2) is 5.69 Å². The molecule has 0 bridgehead atoms. The number of hydrogen-bond acceptors (Lipinski definition) is 5. The lowest BCUT2D eigenvalue weighted by Crippen LogP contribution is -2.13. The molecule has 0 amide bonds. The maximum absolute atomic E-state index is 13.0. The molecule has 1 heterocycles. The number of rotatable bonds is 6. The first kappa shape index (κ1) is 23.6. The van der Waals surface area contributed by atoms with Crippen molar-refractivity contribution in [3.63, 3.8) is 0 Å². The standard InChI is InChI=1S/C20H12F6N4O3/c21-19(22,23)14-7-13(8-15(9-14)20(24,25)26)10-29-11-17(27-28-29)18(31)6-3-12-1-4-16(5-2-12)30(32)33/h1-9,11H,10H2/b6-3+. The summed E-state index contributed by atoms with van der Waals surface area (Å²) in [7, 11) is 0. The molecule has 0 aliphatic carbocycles. The van der Waals surface area contributed by atoms with Crippen LogP contribution in [-0.2, 0) is 18.9 Å². The predicted octanol–water partition coefficient (Wildman–Crippen LogP) is 5.17. The lowest BCUT2D eigenvalue weighted by molar-refractivity contribution is -0.384. The lowest BCUT2D eigenvalue weighted by Gasteiger charge is -2.14. The van der Waals surface area contributed by atoms with Gasteiger partial charge in [-0.3, -0.25) is 14.9 Å². The molecule has 33 heavy (non-hydrogen) atoms. The summed E-state index contributed by atoms with van der Waals surface area (Å²) in [6.07, 6.45) is -6.44. The smallest absolute Gasteiger partial charge is 0.287 e. The predicted molar refractivity (Wildman–Crippen MR) is 102 cm³/mol. The number of alkyl halides is 6. The molecule has 0 fully saturated rings. The molecular formula is C20H12F6N4O3. The highest BCUT2D eigenvalue weighted by Gasteiger charge is 2.36. The van der Waals surface area contributed by atoms with Crippen molar-refractivity contribution >= 4 is 17.5 Å². The van der Waals surface area contributed by atoms with Gasteiger partial charge < -0.3 is 0 Å². The molecule has 3 rings (SSSR count). The largest absolute Gasteiger partial charge is 0.416 e. The van der Waals surface area contributed by atoms with E-state index in [1.54, 1.807) is 0 Å². The van der Waals surface area contributed by atoms with E-state index in [1.807, 2.05) is 0 Å². The monoisotopic (exact) mass is 470 g/mol. The van der Waals surface area contributed by atoms with Gasteiger partial charge in [0.05, 0.1) is 28.8 Å². The van der Waals surface area contributed by atoms with Crippen molar-refractivity contribution in [2.45, 2.75) is 18.9 Å². The fourth-order valence-corrected chi connectivity index (χ4v) is 2.75. The first-order chi connectivity index (χ1) is 15.3. The van der Waals surface area contributed by atoms with Crippen LogP contribution >= 0.6 is 0 Å².